The summed E-state index contributed by atoms with van der Waals surface area (Å²) >= 11 is 0. The van der Waals surface area contributed by atoms with Crippen LogP contribution >= 0.6 is 0 Å². The van der Waals surface area contributed by atoms with Gasteiger partial charge < -0.3 is 19.7 Å². The Morgan fingerprint density at radius 2 is 1.86 bits per heavy atom. The largest absolute Gasteiger partial charge is 0.496 e. The average Bonchev–Trinajstić information content (AvgIpc) is 2.74. The smallest absolute Gasteiger partial charge is 0.222 e. The number of rotatable bonds is 10. The summed E-state index contributed by atoms with van der Waals surface area (Å²) in [5, 5.41) is 3.12. The van der Waals surface area contributed by atoms with Crippen LogP contribution in [-0.4, -0.2) is 56.7 Å². The normalized spacial score (nSPS) is 15.6. The zero-order valence-corrected chi connectivity index (χ0v) is 18.4. The maximum absolute atomic E-state index is 12.5. The number of methoxy groups -OCH3 is 1. The van der Waals surface area contributed by atoms with Crippen molar-refractivity contribution in [1.29, 1.82) is 0 Å². The van der Waals surface area contributed by atoms with Gasteiger partial charge in [-0.05, 0) is 46.1 Å². The van der Waals surface area contributed by atoms with Crippen molar-refractivity contribution in [3.8, 4) is 5.75 Å². The monoisotopic (exact) mass is 404 g/mol. The number of nitrogens with one attached hydrogen (secondary N) is 1. The van der Waals surface area contributed by atoms with Gasteiger partial charge in [0.15, 0.2) is 0 Å². The number of nitrogens with zero attached hydrogens (tertiary/aromatic N) is 1. The molecule has 1 aliphatic heterocycles. The van der Waals surface area contributed by atoms with Crippen LogP contribution in [-0.2, 0) is 19.7 Å². The van der Waals surface area contributed by atoms with E-state index < -0.39 is 0 Å². The predicted octanol–water partition coefficient (Wildman–Crippen LogP) is 3.21. The first kappa shape index (κ1) is 23.2. The maximum atomic E-state index is 12.5. The van der Waals surface area contributed by atoms with E-state index in [-0.39, 0.29) is 17.2 Å². The van der Waals surface area contributed by atoms with Crippen molar-refractivity contribution in [2.24, 2.45) is 0 Å². The van der Waals surface area contributed by atoms with Gasteiger partial charge in [-0.15, -0.1) is 0 Å². The van der Waals surface area contributed by atoms with Crippen molar-refractivity contribution < 1.29 is 19.1 Å². The van der Waals surface area contributed by atoms with Gasteiger partial charge in [-0.2, -0.15) is 0 Å². The number of hydrogen-bond acceptors (Lipinski definition) is 4. The molecular weight excluding hydrogens is 368 g/mol. The van der Waals surface area contributed by atoms with Crippen molar-refractivity contribution in [3.63, 3.8) is 0 Å². The molecule has 1 N–H and O–H groups in total. The second-order valence-corrected chi connectivity index (χ2v) is 7.79. The van der Waals surface area contributed by atoms with Crippen LogP contribution in [0.15, 0.2) is 18.2 Å². The van der Waals surface area contributed by atoms with E-state index in [1.165, 1.54) is 5.56 Å². The molecule has 1 aromatic carbocycles. The Morgan fingerprint density at radius 1 is 1.17 bits per heavy atom. The van der Waals surface area contributed by atoms with Crippen LogP contribution in [0.25, 0.3) is 0 Å². The SMILES string of the molecule is CCN(CC)C(=O)CCCC(=O)NCC1(c2cc(C)ccc2OC)CCOCC1. The maximum Gasteiger partial charge on any atom is 0.222 e. The van der Waals surface area contributed by atoms with Gasteiger partial charge in [-0.1, -0.05) is 17.7 Å². The van der Waals surface area contributed by atoms with Crippen LogP contribution in [0, 0.1) is 6.92 Å². The van der Waals surface area contributed by atoms with Crippen LogP contribution in [0.1, 0.15) is 57.1 Å². The fourth-order valence-corrected chi connectivity index (χ4v) is 4.03. The third-order valence-corrected chi connectivity index (χ3v) is 5.91. The summed E-state index contributed by atoms with van der Waals surface area (Å²) in [4.78, 5) is 26.4. The highest BCUT2D eigenvalue weighted by Crippen LogP contribution is 2.40. The standard InChI is InChI=1S/C23H36N2O4/c1-5-25(6-2)22(27)9-7-8-21(26)24-17-23(12-14-29-15-13-23)19-16-18(3)10-11-20(19)28-4/h10-11,16H,5-9,12-15,17H2,1-4H3,(H,24,26). The molecule has 1 saturated heterocycles. The molecule has 0 radical (unpaired) electrons. The number of hydrogen-bond donors (Lipinski definition) is 1. The van der Waals surface area contributed by atoms with Gasteiger partial charge in [-0.3, -0.25) is 9.59 Å². The topological polar surface area (TPSA) is 67.9 Å². The van der Waals surface area contributed by atoms with Gasteiger partial charge in [0, 0.05) is 56.7 Å². The Hall–Kier alpha value is -2.08. The Morgan fingerprint density at radius 3 is 2.48 bits per heavy atom. The highest BCUT2D eigenvalue weighted by molar-refractivity contribution is 5.79. The average molecular weight is 405 g/mol. The van der Waals surface area contributed by atoms with Gasteiger partial charge in [0.25, 0.3) is 0 Å². The molecule has 0 atom stereocenters. The predicted molar refractivity (Wildman–Crippen MR) is 114 cm³/mol. The molecule has 1 aliphatic rings. The molecule has 0 spiro atoms. The molecule has 0 aliphatic carbocycles. The number of aryl methyl sites for hydroxylation is 1. The molecule has 29 heavy (non-hydrogen) atoms. The van der Waals surface area contributed by atoms with Crippen LogP contribution in [0.4, 0.5) is 0 Å². The van der Waals surface area contributed by atoms with Crippen LogP contribution < -0.4 is 10.1 Å². The van der Waals surface area contributed by atoms with Crippen LogP contribution in [0.3, 0.4) is 0 Å². The molecule has 1 aromatic rings. The van der Waals surface area contributed by atoms with E-state index in [9.17, 15) is 9.59 Å². The highest BCUT2D eigenvalue weighted by atomic mass is 16.5. The molecule has 0 bridgehead atoms. The van der Waals surface area contributed by atoms with Gasteiger partial charge in [0.2, 0.25) is 11.8 Å². The van der Waals surface area contributed by atoms with E-state index in [4.69, 9.17) is 9.47 Å². The van der Waals surface area contributed by atoms with Gasteiger partial charge in [0.05, 0.1) is 7.11 Å². The molecule has 1 fully saturated rings. The van der Waals surface area contributed by atoms with Crippen molar-refractivity contribution in [3.05, 3.63) is 29.3 Å². The van der Waals surface area contributed by atoms with Gasteiger partial charge in [-0.25, -0.2) is 0 Å². The lowest BCUT2D eigenvalue weighted by Crippen LogP contribution is -2.44. The number of amides is 2. The number of carbonyl (C=O) groups excluding carboxylic acids is 2. The Balaban J connectivity index is 1.98. The zero-order chi connectivity index (χ0) is 21.3. The first-order valence-corrected chi connectivity index (χ1v) is 10.7. The lowest BCUT2D eigenvalue weighted by Gasteiger charge is -2.39. The summed E-state index contributed by atoms with van der Waals surface area (Å²) in [6.45, 7) is 9.34. The lowest BCUT2D eigenvalue weighted by molar-refractivity contribution is -0.131. The Bertz CT molecular complexity index is 679. The van der Waals surface area contributed by atoms with Crippen molar-refractivity contribution in [2.75, 3.05) is 40.0 Å². The minimum Gasteiger partial charge on any atom is -0.496 e. The Labute approximate surface area is 174 Å². The summed E-state index contributed by atoms with van der Waals surface area (Å²) in [6, 6.07) is 6.21. The fourth-order valence-electron chi connectivity index (χ4n) is 4.03. The Kier molecular flexibility index (Phi) is 8.96. The third kappa shape index (κ3) is 6.20. The number of benzene rings is 1. The van der Waals surface area contributed by atoms with Gasteiger partial charge >= 0.3 is 0 Å². The molecular formula is C23H36N2O4. The lowest BCUT2D eigenvalue weighted by atomic mass is 9.73. The van der Waals surface area contributed by atoms with E-state index in [1.807, 2.05) is 26.0 Å². The summed E-state index contributed by atoms with van der Waals surface area (Å²) < 4.78 is 11.2. The molecule has 162 valence electrons. The summed E-state index contributed by atoms with van der Waals surface area (Å²) in [5.74, 6) is 0.972. The molecule has 6 nitrogen and oxygen atoms in total. The van der Waals surface area contributed by atoms with Crippen molar-refractivity contribution >= 4 is 11.8 Å². The fraction of sp³-hybridized carbons (Fsp3) is 0.652. The first-order chi connectivity index (χ1) is 14.0. The molecule has 2 rings (SSSR count). The summed E-state index contributed by atoms with van der Waals surface area (Å²) in [6.07, 6.45) is 3.04. The quantitative estimate of drug-likeness (QED) is 0.650. The van der Waals surface area contributed by atoms with E-state index in [0.717, 1.165) is 24.2 Å². The van der Waals surface area contributed by atoms with E-state index >= 15 is 0 Å². The molecule has 0 aromatic heterocycles. The highest BCUT2D eigenvalue weighted by Gasteiger charge is 2.37. The van der Waals surface area contributed by atoms with E-state index in [0.29, 0.717) is 52.1 Å². The third-order valence-electron chi connectivity index (χ3n) is 5.91. The van der Waals surface area contributed by atoms with Crippen molar-refractivity contribution in [1.82, 2.24) is 10.2 Å². The van der Waals surface area contributed by atoms with Gasteiger partial charge in [0.1, 0.15) is 5.75 Å². The molecule has 6 heteroatoms. The molecule has 0 saturated carbocycles. The molecule has 0 unspecified atom stereocenters. The second-order valence-electron chi connectivity index (χ2n) is 7.79. The van der Waals surface area contributed by atoms with E-state index in [2.05, 4.69) is 18.3 Å². The summed E-state index contributed by atoms with van der Waals surface area (Å²) in [7, 11) is 1.69. The van der Waals surface area contributed by atoms with E-state index in [1.54, 1.807) is 12.0 Å². The minimum atomic E-state index is -0.192. The van der Waals surface area contributed by atoms with Crippen LogP contribution in [0.2, 0.25) is 0 Å². The zero-order valence-electron chi connectivity index (χ0n) is 18.4. The minimum absolute atomic E-state index is 0.00478. The number of ether oxygens (including phenoxy) is 2. The van der Waals surface area contributed by atoms with Crippen molar-refractivity contribution in [2.45, 2.75) is 58.3 Å². The van der Waals surface area contributed by atoms with Crippen LogP contribution in [0.5, 0.6) is 5.75 Å². The molecule has 2 amide bonds. The number of carbonyl (C=O) groups is 2. The second kappa shape index (κ2) is 11.2. The summed E-state index contributed by atoms with van der Waals surface area (Å²) in [5.41, 5.74) is 2.12. The molecule has 1 heterocycles. The first-order valence-electron chi connectivity index (χ1n) is 10.7.